The van der Waals surface area contributed by atoms with Gasteiger partial charge in [0.15, 0.2) is 5.96 Å². The number of hydrogen-bond donors (Lipinski definition) is 2. The molecule has 1 aliphatic heterocycles. The van der Waals surface area contributed by atoms with Crippen LogP contribution in [0.25, 0.3) is 0 Å². The summed E-state index contributed by atoms with van der Waals surface area (Å²) in [5, 5.41) is 6.63. The Bertz CT molecular complexity index is 637. The fourth-order valence-corrected chi connectivity index (χ4v) is 3.75. The van der Waals surface area contributed by atoms with Crippen LogP contribution >= 0.6 is 0 Å². The zero-order chi connectivity index (χ0) is 19.7. The summed E-state index contributed by atoms with van der Waals surface area (Å²) in [6.45, 7) is 11.9. The molecule has 27 heavy (non-hydrogen) atoms. The molecule has 0 bridgehead atoms. The Morgan fingerprint density at radius 3 is 2.48 bits per heavy atom. The van der Waals surface area contributed by atoms with E-state index in [-0.39, 0.29) is 4.75 Å². The minimum Gasteiger partial charge on any atom is -0.379 e. The van der Waals surface area contributed by atoms with Gasteiger partial charge in [-0.2, -0.15) is 0 Å². The summed E-state index contributed by atoms with van der Waals surface area (Å²) in [7, 11) is 0.895. The molecule has 1 aliphatic rings. The average molecular weight is 395 g/mol. The smallest absolute Gasteiger partial charge is 0.191 e. The zero-order valence-electron chi connectivity index (χ0n) is 17.1. The highest BCUT2D eigenvalue weighted by Crippen LogP contribution is 2.13. The summed E-state index contributed by atoms with van der Waals surface area (Å²) in [5.41, 5.74) is 2.60. The van der Waals surface area contributed by atoms with Gasteiger partial charge in [0, 0.05) is 61.1 Å². The molecule has 1 heterocycles. The van der Waals surface area contributed by atoms with Gasteiger partial charge in [0.2, 0.25) is 0 Å². The van der Waals surface area contributed by atoms with E-state index in [2.05, 4.69) is 44.8 Å². The Morgan fingerprint density at radius 2 is 1.85 bits per heavy atom. The molecule has 152 valence electrons. The molecule has 2 N–H and O–H groups in total. The van der Waals surface area contributed by atoms with Crippen molar-refractivity contribution in [2.24, 2.45) is 4.99 Å². The number of morpholine rings is 1. The van der Waals surface area contributed by atoms with Crippen LogP contribution < -0.4 is 10.6 Å². The number of nitrogens with zero attached hydrogens (tertiary/aromatic N) is 2. The standard InChI is InChI=1S/C20H34N4O2S/c1-20(2,3)27(25)14-9-22-19(21-4)23-15-17-7-5-6-8-18(17)16-24-10-12-26-13-11-24/h5-8H,9-16H2,1-4H3,(H2,21,22,23). The van der Waals surface area contributed by atoms with E-state index in [9.17, 15) is 4.21 Å². The predicted molar refractivity (Wildman–Crippen MR) is 114 cm³/mol. The minimum atomic E-state index is -0.865. The molecule has 2 rings (SSSR count). The van der Waals surface area contributed by atoms with E-state index in [1.807, 2.05) is 20.8 Å². The molecule has 1 unspecified atom stereocenters. The molecule has 7 heteroatoms. The normalized spacial score (nSPS) is 17.6. The van der Waals surface area contributed by atoms with E-state index < -0.39 is 10.8 Å². The van der Waals surface area contributed by atoms with E-state index in [0.29, 0.717) is 18.8 Å². The van der Waals surface area contributed by atoms with Crippen molar-refractivity contribution in [2.45, 2.75) is 38.6 Å². The number of aliphatic imine (C=N–C) groups is 1. The van der Waals surface area contributed by atoms with Crippen molar-refractivity contribution in [1.82, 2.24) is 15.5 Å². The van der Waals surface area contributed by atoms with Gasteiger partial charge >= 0.3 is 0 Å². The first-order valence-electron chi connectivity index (χ1n) is 9.60. The van der Waals surface area contributed by atoms with Gasteiger partial charge in [-0.1, -0.05) is 24.3 Å². The second-order valence-electron chi connectivity index (χ2n) is 7.67. The van der Waals surface area contributed by atoms with Crippen molar-refractivity contribution in [3.63, 3.8) is 0 Å². The molecule has 0 saturated carbocycles. The maximum Gasteiger partial charge on any atom is 0.191 e. The second-order valence-corrected chi connectivity index (χ2v) is 10.00. The maximum atomic E-state index is 12.1. The lowest BCUT2D eigenvalue weighted by molar-refractivity contribution is 0.0341. The lowest BCUT2D eigenvalue weighted by atomic mass is 10.1. The van der Waals surface area contributed by atoms with Crippen LogP contribution in [0, 0.1) is 0 Å². The molecule has 1 atom stereocenters. The summed E-state index contributed by atoms with van der Waals surface area (Å²) in [4.78, 5) is 6.70. The molecule has 0 aliphatic carbocycles. The third-order valence-electron chi connectivity index (χ3n) is 4.55. The molecule has 1 fully saturated rings. The van der Waals surface area contributed by atoms with Crippen LogP contribution in [0.5, 0.6) is 0 Å². The van der Waals surface area contributed by atoms with E-state index in [1.165, 1.54) is 11.1 Å². The van der Waals surface area contributed by atoms with Crippen LogP contribution in [-0.4, -0.2) is 65.5 Å². The summed E-state index contributed by atoms with van der Waals surface area (Å²) in [5.74, 6) is 1.35. The van der Waals surface area contributed by atoms with Gasteiger partial charge in [-0.05, 0) is 31.9 Å². The number of ether oxygens (including phenoxy) is 1. The topological polar surface area (TPSA) is 66.0 Å². The quantitative estimate of drug-likeness (QED) is 0.545. The molecule has 0 amide bonds. The molecule has 1 saturated heterocycles. The maximum absolute atomic E-state index is 12.1. The first-order chi connectivity index (χ1) is 12.9. The number of nitrogens with one attached hydrogen (secondary N) is 2. The monoisotopic (exact) mass is 394 g/mol. The highest BCUT2D eigenvalue weighted by molar-refractivity contribution is 7.86. The van der Waals surface area contributed by atoms with Gasteiger partial charge in [-0.15, -0.1) is 0 Å². The number of guanidine groups is 1. The van der Waals surface area contributed by atoms with Gasteiger partial charge in [0.05, 0.1) is 13.2 Å². The largest absolute Gasteiger partial charge is 0.379 e. The summed E-state index contributed by atoms with van der Waals surface area (Å²) in [6.07, 6.45) is 0. The summed E-state index contributed by atoms with van der Waals surface area (Å²) in [6, 6.07) is 8.51. The Labute approximate surface area is 166 Å². The second kappa shape index (κ2) is 10.8. The Morgan fingerprint density at radius 1 is 1.19 bits per heavy atom. The Kier molecular flexibility index (Phi) is 8.73. The van der Waals surface area contributed by atoms with Crippen LogP contribution in [0.15, 0.2) is 29.3 Å². The van der Waals surface area contributed by atoms with Crippen LogP contribution in [0.3, 0.4) is 0 Å². The lowest BCUT2D eigenvalue weighted by Gasteiger charge is -2.27. The van der Waals surface area contributed by atoms with E-state index in [1.54, 1.807) is 7.05 Å². The number of hydrogen-bond acceptors (Lipinski definition) is 4. The van der Waals surface area contributed by atoms with Crippen LogP contribution in [0.4, 0.5) is 0 Å². The summed E-state index contributed by atoms with van der Waals surface area (Å²) >= 11 is 0. The van der Waals surface area contributed by atoms with Gasteiger partial charge in [-0.3, -0.25) is 14.1 Å². The van der Waals surface area contributed by atoms with Crippen LogP contribution in [-0.2, 0) is 28.6 Å². The van der Waals surface area contributed by atoms with E-state index >= 15 is 0 Å². The molecule has 0 aromatic heterocycles. The molecule has 0 radical (unpaired) electrons. The molecule has 1 aromatic carbocycles. The van der Waals surface area contributed by atoms with Crippen molar-refractivity contribution in [1.29, 1.82) is 0 Å². The van der Waals surface area contributed by atoms with Gasteiger partial charge < -0.3 is 15.4 Å². The van der Waals surface area contributed by atoms with Crippen molar-refractivity contribution in [3.05, 3.63) is 35.4 Å². The fourth-order valence-electron chi connectivity index (χ4n) is 2.85. The van der Waals surface area contributed by atoms with Crippen molar-refractivity contribution < 1.29 is 8.95 Å². The van der Waals surface area contributed by atoms with Crippen molar-refractivity contribution >= 4 is 16.8 Å². The first-order valence-corrected chi connectivity index (χ1v) is 10.9. The highest BCUT2D eigenvalue weighted by atomic mass is 32.2. The molecule has 6 nitrogen and oxygen atoms in total. The number of rotatable bonds is 7. The molecule has 0 spiro atoms. The van der Waals surface area contributed by atoms with Crippen LogP contribution in [0.2, 0.25) is 0 Å². The SMILES string of the molecule is CN=C(NCCS(=O)C(C)(C)C)NCc1ccccc1CN1CCOCC1. The van der Waals surface area contributed by atoms with E-state index in [4.69, 9.17) is 4.74 Å². The Balaban J connectivity index is 1.84. The third-order valence-corrected chi connectivity index (χ3v) is 6.49. The van der Waals surface area contributed by atoms with Crippen molar-refractivity contribution in [2.75, 3.05) is 45.6 Å². The molecule has 1 aromatic rings. The summed E-state index contributed by atoms with van der Waals surface area (Å²) < 4.78 is 17.4. The van der Waals surface area contributed by atoms with Gasteiger partial charge in [0.1, 0.15) is 0 Å². The first kappa shape index (κ1) is 21.9. The van der Waals surface area contributed by atoms with E-state index in [0.717, 1.165) is 38.8 Å². The predicted octanol–water partition coefficient (Wildman–Crippen LogP) is 1.73. The lowest BCUT2D eigenvalue weighted by Crippen LogP contribution is -2.40. The highest BCUT2D eigenvalue weighted by Gasteiger charge is 2.18. The molecular weight excluding hydrogens is 360 g/mol. The zero-order valence-corrected chi connectivity index (χ0v) is 17.9. The third kappa shape index (κ3) is 7.60. The van der Waals surface area contributed by atoms with Gasteiger partial charge in [-0.25, -0.2) is 0 Å². The van der Waals surface area contributed by atoms with Crippen LogP contribution in [0.1, 0.15) is 31.9 Å². The Hall–Kier alpha value is -1.44. The van der Waals surface area contributed by atoms with Crippen molar-refractivity contribution in [3.8, 4) is 0 Å². The molecular formula is C20H34N4O2S. The minimum absolute atomic E-state index is 0.183. The number of benzene rings is 1. The van der Waals surface area contributed by atoms with Gasteiger partial charge in [0.25, 0.3) is 0 Å². The average Bonchev–Trinajstić information content (AvgIpc) is 2.65. The fraction of sp³-hybridized carbons (Fsp3) is 0.650.